The van der Waals surface area contributed by atoms with Crippen molar-refractivity contribution in [2.24, 2.45) is 23.7 Å². The maximum Gasteiger partial charge on any atom is -0.0233 e. The predicted molar refractivity (Wildman–Crippen MR) is 104 cm³/mol. The highest BCUT2D eigenvalue weighted by Crippen LogP contribution is 2.34. The topological polar surface area (TPSA) is 0 Å². The molecule has 0 atom stereocenters. The SMILES string of the molecule is C=CC1CCC(/C=C/CCC2CCC(CCCCC)CC2)CC1. The van der Waals surface area contributed by atoms with Crippen LogP contribution in [-0.4, -0.2) is 0 Å². The molecule has 2 saturated carbocycles. The first-order valence-electron chi connectivity index (χ1n) is 10.6. The zero-order valence-corrected chi connectivity index (χ0v) is 15.6. The Balaban J connectivity index is 1.52. The number of rotatable bonds is 9. The molecule has 0 bridgehead atoms. The fourth-order valence-corrected chi connectivity index (χ4v) is 4.69. The van der Waals surface area contributed by atoms with E-state index in [0.717, 1.165) is 23.7 Å². The van der Waals surface area contributed by atoms with Crippen LogP contribution in [0, 0.1) is 23.7 Å². The van der Waals surface area contributed by atoms with Crippen LogP contribution >= 0.6 is 0 Å². The minimum atomic E-state index is 0.798. The molecule has 0 radical (unpaired) electrons. The van der Waals surface area contributed by atoms with Crippen LogP contribution in [0.15, 0.2) is 24.8 Å². The summed E-state index contributed by atoms with van der Waals surface area (Å²) in [6, 6.07) is 0. The quantitative estimate of drug-likeness (QED) is 0.302. The Kier molecular flexibility index (Phi) is 9.09. The van der Waals surface area contributed by atoms with Crippen molar-refractivity contribution in [2.75, 3.05) is 0 Å². The molecule has 132 valence electrons. The summed E-state index contributed by atoms with van der Waals surface area (Å²) in [5.74, 6) is 3.75. The van der Waals surface area contributed by atoms with E-state index in [4.69, 9.17) is 0 Å². The second kappa shape index (κ2) is 11.1. The Labute approximate surface area is 145 Å². The van der Waals surface area contributed by atoms with Crippen LogP contribution in [-0.2, 0) is 0 Å². The van der Waals surface area contributed by atoms with Gasteiger partial charge in [0, 0.05) is 0 Å². The van der Waals surface area contributed by atoms with Gasteiger partial charge in [-0.15, -0.1) is 6.58 Å². The van der Waals surface area contributed by atoms with Crippen molar-refractivity contribution in [1.82, 2.24) is 0 Å². The highest BCUT2D eigenvalue weighted by atomic mass is 14.3. The molecule has 2 aliphatic rings. The van der Waals surface area contributed by atoms with E-state index in [0.29, 0.717) is 0 Å². The Morgan fingerprint density at radius 1 is 0.783 bits per heavy atom. The minimum Gasteiger partial charge on any atom is -0.103 e. The maximum absolute atomic E-state index is 3.94. The van der Waals surface area contributed by atoms with Gasteiger partial charge in [-0.1, -0.05) is 76.5 Å². The second-order valence-electron chi connectivity index (χ2n) is 8.30. The summed E-state index contributed by atoms with van der Waals surface area (Å²) in [5, 5.41) is 0. The molecule has 23 heavy (non-hydrogen) atoms. The van der Waals surface area contributed by atoms with Crippen LogP contribution in [0.5, 0.6) is 0 Å². The molecule has 2 fully saturated rings. The lowest BCUT2D eigenvalue weighted by Gasteiger charge is -2.28. The summed E-state index contributed by atoms with van der Waals surface area (Å²) in [7, 11) is 0. The van der Waals surface area contributed by atoms with Gasteiger partial charge in [-0.25, -0.2) is 0 Å². The number of hydrogen-bond donors (Lipinski definition) is 0. The van der Waals surface area contributed by atoms with E-state index in [9.17, 15) is 0 Å². The van der Waals surface area contributed by atoms with E-state index in [-0.39, 0.29) is 0 Å². The first-order chi connectivity index (χ1) is 11.3. The summed E-state index contributed by atoms with van der Waals surface area (Å²) in [6.07, 6.45) is 27.3. The van der Waals surface area contributed by atoms with Crippen LogP contribution < -0.4 is 0 Å². The number of hydrogen-bond acceptors (Lipinski definition) is 0. The Hall–Kier alpha value is -0.520. The van der Waals surface area contributed by atoms with Gasteiger partial charge in [0.15, 0.2) is 0 Å². The van der Waals surface area contributed by atoms with E-state index < -0.39 is 0 Å². The van der Waals surface area contributed by atoms with Gasteiger partial charge in [-0.3, -0.25) is 0 Å². The molecule has 0 nitrogen and oxygen atoms in total. The average Bonchev–Trinajstić information content (AvgIpc) is 2.61. The molecule has 0 aromatic heterocycles. The van der Waals surface area contributed by atoms with Gasteiger partial charge in [-0.05, 0) is 62.2 Å². The van der Waals surface area contributed by atoms with Gasteiger partial charge in [0.05, 0.1) is 0 Å². The molecule has 0 N–H and O–H groups in total. The zero-order chi connectivity index (χ0) is 16.3. The molecule has 0 amide bonds. The molecular formula is C23H40. The minimum absolute atomic E-state index is 0.798. The lowest BCUT2D eigenvalue weighted by Crippen LogP contribution is -2.14. The molecule has 2 aliphatic carbocycles. The largest absolute Gasteiger partial charge is 0.103 e. The van der Waals surface area contributed by atoms with E-state index >= 15 is 0 Å². The molecule has 0 heterocycles. The first kappa shape index (κ1) is 18.8. The lowest BCUT2D eigenvalue weighted by molar-refractivity contribution is 0.250. The van der Waals surface area contributed by atoms with Gasteiger partial charge in [0.1, 0.15) is 0 Å². The standard InChI is InChI=1S/C23H40/c1-3-5-6-9-21-16-18-23(19-17-21)11-8-7-10-22-14-12-20(4-2)13-15-22/h4,7,10,20-23H,2-3,5-6,8-9,11-19H2,1H3/b10-7+. The highest BCUT2D eigenvalue weighted by Gasteiger charge is 2.20. The maximum atomic E-state index is 3.94. The van der Waals surface area contributed by atoms with Gasteiger partial charge in [0.2, 0.25) is 0 Å². The van der Waals surface area contributed by atoms with Gasteiger partial charge in [0.25, 0.3) is 0 Å². The van der Waals surface area contributed by atoms with Gasteiger partial charge < -0.3 is 0 Å². The molecule has 0 spiro atoms. The van der Waals surface area contributed by atoms with Crippen molar-refractivity contribution in [3.8, 4) is 0 Å². The summed E-state index contributed by atoms with van der Waals surface area (Å²) >= 11 is 0. The Bertz CT molecular complexity index is 324. The normalized spacial score (nSPS) is 32.2. The van der Waals surface area contributed by atoms with Crippen LogP contribution in [0.4, 0.5) is 0 Å². The summed E-state index contributed by atoms with van der Waals surface area (Å²) < 4.78 is 0. The molecule has 2 rings (SSSR count). The molecule has 0 aromatic carbocycles. The van der Waals surface area contributed by atoms with Crippen molar-refractivity contribution in [3.05, 3.63) is 24.8 Å². The van der Waals surface area contributed by atoms with E-state index in [1.807, 2.05) is 0 Å². The van der Waals surface area contributed by atoms with Crippen LogP contribution in [0.1, 0.15) is 96.8 Å². The fourth-order valence-electron chi connectivity index (χ4n) is 4.69. The lowest BCUT2D eigenvalue weighted by atomic mass is 9.78. The molecular weight excluding hydrogens is 276 g/mol. The molecule has 0 heteroatoms. The molecule has 0 saturated heterocycles. The monoisotopic (exact) mass is 316 g/mol. The zero-order valence-electron chi connectivity index (χ0n) is 15.6. The van der Waals surface area contributed by atoms with Crippen molar-refractivity contribution in [2.45, 2.75) is 96.8 Å². The second-order valence-corrected chi connectivity index (χ2v) is 8.30. The third-order valence-electron chi connectivity index (χ3n) is 6.48. The Morgan fingerprint density at radius 2 is 1.39 bits per heavy atom. The fraction of sp³-hybridized carbons (Fsp3) is 0.826. The van der Waals surface area contributed by atoms with E-state index in [2.05, 4.69) is 31.7 Å². The van der Waals surface area contributed by atoms with Crippen LogP contribution in [0.25, 0.3) is 0 Å². The molecule has 0 unspecified atom stereocenters. The van der Waals surface area contributed by atoms with Crippen molar-refractivity contribution < 1.29 is 0 Å². The number of allylic oxidation sites excluding steroid dienone is 3. The van der Waals surface area contributed by atoms with Gasteiger partial charge >= 0.3 is 0 Å². The third kappa shape index (κ3) is 7.27. The molecule has 0 aliphatic heterocycles. The van der Waals surface area contributed by atoms with E-state index in [1.165, 1.54) is 89.9 Å². The first-order valence-corrected chi connectivity index (χ1v) is 10.6. The Morgan fingerprint density at radius 3 is 2.00 bits per heavy atom. The summed E-state index contributed by atoms with van der Waals surface area (Å²) in [4.78, 5) is 0. The van der Waals surface area contributed by atoms with Crippen molar-refractivity contribution >= 4 is 0 Å². The summed E-state index contributed by atoms with van der Waals surface area (Å²) in [6.45, 7) is 6.26. The smallest absolute Gasteiger partial charge is 0.0233 e. The third-order valence-corrected chi connectivity index (χ3v) is 6.48. The van der Waals surface area contributed by atoms with E-state index in [1.54, 1.807) is 0 Å². The van der Waals surface area contributed by atoms with Crippen molar-refractivity contribution in [3.63, 3.8) is 0 Å². The van der Waals surface area contributed by atoms with Gasteiger partial charge in [-0.2, -0.15) is 0 Å². The van der Waals surface area contributed by atoms with Crippen LogP contribution in [0.2, 0.25) is 0 Å². The van der Waals surface area contributed by atoms with Crippen LogP contribution in [0.3, 0.4) is 0 Å². The highest BCUT2D eigenvalue weighted by molar-refractivity contribution is 4.94. The summed E-state index contributed by atoms with van der Waals surface area (Å²) in [5.41, 5.74) is 0. The predicted octanol–water partition coefficient (Wildman–Crippen LogP) is 7.70. The van der Waals surface area contributed by atoms with Crippen molar-refractivity contribution in [1.29, 1.82) is 0 Å². The number of unbranched alkanes of at least 4 members (excludes halogenated alkanes) is 2. The molecule has 0 aromatic rings. The average molecular weight is 317 g/mol.